The lowest BCUT2D eigenvalue weighted by Crippen LogP contribution is -2.13. The number of carbonyl (C=O) groups is 3. The Hall–Kier alpha value is -2.37. The molecule has 0 aromatic heterocycles. The third kappa shape index (κ3) is 6.10. The van der Waals surface area contributed by atoms with Crippen molar-refractivity contribution in [1.82, 2.24) is 0 Å². The van der Waals surface area contributed by atoms with Crippen LogP contribution in [0, 0.1) is 11.8 Å². The summed E-state index contributed by atoms with van der Waals surface area (Å²) in [5, 5.41) is 9.85. The molecule has 0 saturated heterocycles. The van der Waals surface area contributed by atoms with Crippen LogP contribution >= 0.6 is 0 Å². The minimum Gasteiger partial charge on any atom is -0.507 e. The summed E-state index contributed by atoms with van der Waals surface area (Å²) in [6.07, 6.45) is 0.752. The molecule has 23 heavy (non-hydrogen) atoms. The summed E-state index contributed by atoms with van der Waals surface area (Å²) in [5.74, 6) is -1.33. The first kappa shape index (κ1) is 18.7. The molecule has 0 aliphatic rings. The predicted molar refractivity (Wildman–Crippen MR) is 83.7 cm³/mol. The fraction of sp³-hybridized carbons (Fsp3) is 0.471. The zero-order valence-electron chi connectivity index (χ0n) is 13.8. The number of carbonyl (C=O) groups excluding carboxylic acids is 3. The molecule has 0 aliphatic heterocycles. The standard InChI is InChI=1S/C17H22O6/c1-10(2)5-16(20)22-12-7-14(19)13(9-18)15(8-12)23-17(21)6-11(3)4/h7-11,19H,5-6H2,1-4H3. The Kier molecular flexibility index (Phi) is 6.75. The zero-order chi connectivity index (χ0) is 17.6. The average molecular weight is 322 g/mol. The minimum atomic E-state index is -0.534. The van der Waals surface area contributed by atoms with E-state index < -0.39 is 17.7 Å². The largest absolute Gasteiger partial charge is 0.507 e. The van der Waals surface area contributed by atoms with Crippen LogP contribution in [-0.4, -0.2) is 23.3 Å². The number of aldehydes is 1. The molecular weight excluding hydrogens is 300 g/mol. The van der Waals surface area contributed by atoms with Gasteiger partial charge in [-0.1, -0.05) is 27.7 Å². The SMILES string of the molecule is CC(C)CC(=O)Oc1cc(O)c(C=O)c(OC(=O)CC(C)C)c1. The van der Waals surface area contributed by atoms with Crippen LogP contribution in [0.4, 0.5) is 0 Å². The van der Waals surface area contributed by atoms with E-state index in [1.165, 1.54) is 6.07 Å². The molecule has 0 saturated carbocycles. The molecule has 0 spiro atoms. The van der Waals surface area contributed by atoms with E-state index in [1.54, 1.807) is 0 Å². The van der Waals surface area contributed by atoms with Gasteiger partial charge < -0.3 is 14.6 Å². The molecule has 0 radical (unpaired) electrons. The van der Waals surface area contributed by atoms with Crippen LogP contribution in [0.2, 0.25) is 0 Å². The molecular formula is C17H22O6. The Balaban J connectivity index is 3.01. The molecule has 0 unspecified atom stereocenters. The van der Waals surface area contributed by atoms with E-state index in [1.807, 2.05) is 27.7 Å². The molecule has 1 N–H and O–H groups in total. The van der Waals surface area contributed by atoms with Gasteiger partial charge in [-0.3, -0.25) is 14.4 Å². The summed E-state index contributed by atoms with van der Waals surface area (Å²) in [4.78, 5) is 34.5. The first-order chi connectivity index (χ1) is 10.7. The van der Waals surface area contributed by atoms with Gasteiger partial charge in [0.15, 0.2) is 6.29 Å². The van der Waals surface area contributed by atoms with Gasteiger partial charge in [0.25, 0.3) is 0 Å². The van der Waals surface area contributed by atoms with Gasteiger partial charge in [-0.15, -0.1) is 0 Å². The van der Waals surface area contributed by atoms with E-state index in [0.29, 0.717) is 6.29 Å². The lowest BCUT2D eigenvalue weighted by atomic mass is 10.1. The topological polar surface area (TPSA) is 89.9 Å². The Morgan fingerprint density at radius 3 is 2.04 bits per heavy atom. The van der Waals surface area contributed by atoms with Gasteiger partial charge in [0, 0.05) is 25.0 Å². The summed E-state index contributed by atoms with van der Waals surface area (Å²) in [6.45, 7) is 7.44. The van der Waals surface area contributed by atoms with E-state index in [0.717, 1.165) is 6.07 Å². The number of phenols is 1. The fourth-order valence-corrected chi connectivity index (χ4v) is 1.85. The molecule has 0 heterocycles. The highest BCUT2D eigenvalue weighted by Crippen LogP contribution is 2.33. The second-order valence-electron chi connectivity index (χ2n) is 6.12. The molecule has 6 nitrogen and oxygen atoms in total. The van der Waals surface area contributed by atoms with Gasteiger partial charge >= 0.3 is 11.9 Å². The van der Waals surface area contributed by atoms with Crippen LogP contribution in [0.3, 0.4) is 0 Å². The van der Waals surface area contributed by atoms with Gasteiger partial charge in [0.05, 0.1) is 5.56 Å². The van der Waals surface area contributed by atoms with Crippen molar-refractivity contribution >= 4 is 18.2 Å². The van der Waals surface area contributed by atoms with Crippen LogP contribution in [0.1, 0.15) is 50.9 Å². The third-order valence-electron chi connectivity index (χ3n) is 2.82. The van der Waals surface area contributed by atoms with E-state index in [9.17, 15) is 19.5 Å². The Labute approximate surface area is 135 Å². The summed E-state index contributed by atoms with van der Waals surface area (Å²) in [5.41, 5.74) is -0.161. The first-order valence-electron chi connectivity index (χ1n) is 7.46. The van der Waals surface area contributed by atoms with E-state index >= 15 is 0 Å². The Morgan fingerprint density at radius 1 is 1.04 bits per heavy atom. The van der Waals surface area contributed by atoms with Gasteiger partial charge in [0.1, 0.15) is 17.2 Å². The monoisotopic (exact) mass is 322 g/mol. The first-order valence-corrected chi connectivity index (χ1v) is 7.46. The normalized spacial score (nSPS) is 10.7. The van der Waals surface area contributed by atoms with Gasteiger partial charge in [0.2, 0.25) is 0 Å². The molecule has 1 rings (SSSR count). The van der Waals surface area contributed by atoms with Gasteiger partial charge in [-0.05, 0) is 11.8 Å². The highest BCUT2D eigenvalue weighted by molar-refractivity contribution is 5.87. The van der Waals surface area contributed by atoms with E-state index in [2.05, 4.69) is 0 Å². The maximum atomic E-state index is 11.8. The Morgan fingerprint density at radius 2 is 1.57 bits per heavy atom. The highest BCUT2D eigenvalue weighted by atomic mass is 16.5. The number of rotatable bonds is 7. The molecule has 0 aliphatic carbocycles. The summed E-state index contributed by atoms with van der Waals surface area (Å²) in [7, 11) is 0. The zero-order valence-corrected chi connectivity index (χ0v) is 13.8. The molecule has 6 heteroatoms. The Bertz CT molecular complexity index is 589. The number of aromatic hydroxyl groups is 1. The van der Waals surface area contributed by atoms with Crippen molar-refractivity contribution < 1.29 is 29.0 Å². The average Bonchev–Trinajstić information content (AvgIpc) is 2.35. The smallest absolute Gasteiger partial charge is 0.311 e. The van der Waals surface area contributed by atoms with Crippen LogP contribution < -0.4 is 9.47 Å². The van der Waals surface area contributed by atoms with Crippen LogP contribution in [0.15, 0.2) is 12.1 Å². The predicted octanol–water partition coefficient (Wildman–Crippen LogP) is 3.11. The van der Waals surface area contributed by atoms with Crippen molar-refractivity contribution in [3.05, 3.63) is 17.7 Å². The quantitative estimate of drug-likeness (QED) is 0.471. The van der Waals surface area contributed by atoms with Crippen LogP contribution in [0.25, 0.3) is 0 Å². The van der Waals surface area contributed by atoms with Crippen molar-refractivity contribution in [3.63, 3.8) is 0 Å². The minimum absolute atomic E-state index is 0.0195. The van der Waals surface area contributed by atoms with E-state index in [-0.39, 0.29) is 41.7 Å². The lowest BCUT2D eigenvalue weighted by molar-refractivity contribution is -0.135. The van der Waals surface area contributed by atoms with Crippen molar-refractivity contribution in [3.8, 4) is 17.2 Å². The van der Waals surface area contributed by atoms with E-state index in [4.69, 9.17) is 9.47 Å². The number of hydrogen-bond acceptors (Lipinski definition) is 6. The van der Waals surface area contributed by atoms with Crippen LogP contribution in [0.5, 0.6) is 17.2 Å². The molecule has 0 atom stereocenters. The number of hydrogen-bond donors (Lipinski definition) is 1. The maximum Gasteiger partial charge on any atom is 0.311 e. The van der Waals surface area contributed by atoms with Crippen molar-refractivity contribution in [2.75, 3.05) is 0 Å². The van der Waals surface area contributed by atoms with Crippen molar-refractivity contribution in [2.24, 2.45) is 11.8 Å². The van der Waals surface area contributed by atoms with Crippen molar-refractivity contribution in [2.45, 2.75) is 40.5 Å². The number of ether oxygens (including phenoxy) is 2. The molecule has 1 aromatic carbocycles. The summed E-state index contributed by atoms with van der Waals surface area (Å²) in [6, 6.07) is 2.39. The number of benzene rings is 1. The second-order valence-corrected chi connectivity index (χ2v) is 6.12. The molecule has 0 amide bonds. The molecule has 0 bridgehead atoms. The van der Waals surface area contributed by atoms with Crippen LogP contribution in [-0.2, 0) is 9.59 Å². The highest BCUT2D eigenvalue weighted by Gasteiger charge is 2.17. The fourth-order valence-electron chi connectivity index (χ4n) is 1.85. The lowest BCUT2D eigenvalue weighted by Gasteiger charge is -2.12. The number of phenolic OH excluding ortho intramolecular Hbond substituents is 1. The molecule has 1 aromatic rings. The van der Waals surface area contributed by atoms with Gasteiger partial charge in [-0.2, -0.15) is 0 Å². The molecule has 0 fully saturated rings. The molecule has 126 valence electrons. The van der Waals surface area contributed by atoms with Gasteiger partial charge in [-0.25, -0.2) is 0 Å². The summed E-state index contributed by atoms with van der Waals surface area (Å²) >= 11 is 0. The second kappa shape index (κ2) is 8.31. The number of esters is 2. The summed E-state index contributed by atoms with van der Waals surface area (Å²) < 4.78 is 10.2. The third-order valence-corrected chi connectivity index (χ3v) is 2.82. The van der Waals surface area contributed by atoms with Crippen molar-refractivity contribution in [1.29, 1.82) is 0 Å². The maximum absolute atomic E-state index is 11.8.